The van der Waals surface area contributed by atoms with Gasteiger partial charge in [0.2, 0.25) is 0 Å². The molecule has 12 heavy (non-hydrogen) atoms. The lowest BCUT2D eigenvalue weighted by Gasteiger charge is -1.95. The van der Waals surface area contributed by atoms with E-state index >= 15 is 0 Å². The van der Waals surface area contributed by atoms with Gasteiger partial charge >= 0.3 is 0 Å². The van der Waals surface area contributed by atoms with Crippen LogP contribution >= 0.6 is 0 Å². The summed E-state index contributed by atoms with van der Waals surface area (Å²) in [4.78, 5) is 0. The zero-order valence-corrected chi connectivity index (χ0v) is 7.02. The molecule has 0 saturated carbocycles. The third kappa shape index (κ3) is 0.916. The molecule has 0 N–H and O–H groups in total. The minimum absolute atomic E-state index is 0.204. The SMILES string of the molecule is Cc1coc2c(C)cc(F)cc12. The molecule has 0 amide bonds. The van der Waals surface area contributed by atoms with Crippen LogP contribution in [-0.2, 0) is 0 Å². The maximum Gasteiger partial charge on any atom is 0.137 e. The van der Waals surface area contributed by atoms with Crippen molar-refractivity contribution in [3.05, 3.63) is 35.3 Å². The van der Waals surface area contributed by atoms with Crippen molar-refractivity contribution in [2.24, 2.45) is 0 Å². The van der Waals surface area contributed by atoms with Crippen molar-refractivity contribution in [3.63, 3.8) is 0 Å². The second-order valence-corrected chi connectivity index (χ2v) is 3.02. The number of rotatable bonds is 0. The lowest BCUT2D eigenvalue weighted by molar-refractivity contribution is 0.604. The van der Waals surface area contributed by atoms with E-state index in [1.165, 1.54) is 12.1 Å². The van der Waals surface area contributed by atoms with Gasteiger partial charge in [-0.1, -0.05) is 0 Å². The lowest BCUT2D eigenvalue weighted by Crippen LogP contribution is -1.78. The highest BCUT2D eigenvalue weighted by atomic mass is 19.1. The smallest absolute Gasteiger partial charge is 0.137 e. The van der Waals surface area contributed by atoms with Crippen molar-refractivity contribution < 1.29 is 8.81 Å². The average Bonchev–Trinajstić information content (AvgIpc) is 2.33. The van der Waals surface area contributed by atoms with Crippen LogP contribution in [-0.4, -0.2) is 0 Å². The molecular formula is C10H9FO. The van der Waals surface area contributed by atoms with Gasteiger partial charge in [-0.3, -0.25) is 0 Å². The minimum Gasteiger partial charge on any atom is -0.464 e. The molecule has 0 fully saturated rings. The number of benzene rings is 1. The summed E-state index contributed by atoms with van der Waals surface area (Å²) in [7, 11) is 0. The van der Waals surface area contributed by atoms with Crippen LogP contribution in [0.2, 0.25) is 0 Å². The predicted molar refractivity (Wildman–Crippen MR) is 45.6 cm³/mol. The molecule has 0 aliphatic carbocycles. The van der Waals surface area contributed by atoms with E-state index < -0.39 is 0 Å². The summed E-state index contributed by atoms with van der Waals surface area (Å²) in [5.41, 5.74) is 2.61. The topological polar surface area (TPSA) is 13.1 Å². The minimum atomic E-state index is -0.204. The van der Waals surface area contributed by atoms with Crippen molar-refractivity contribution in [3.8, 4) is 0 Å². The summed E-state index contributed by atoms with van der Waals surface area (Å²) in [6, 6.07) is 2.98. The van der Waals surface area contributed by atoms with Crippen molar-refractivity contribution in [2.75, 3.05) is 0 Å². The first kappa shape index (κ1) is 7.35. The van der Waals surface area contributed by atoms with E-state index in [-0.39, 0.29) is 5.82 Å². The zero-order chi connectivity index (χ0) is 8.72. The van der Waals surface area contributed by atoms with Gasteiger partial charge in [-0.05, 0) is 37.1 Å². The molecule has 1 heterocycles. The largest absolute Gasteiger partial charge is 0.464 e. The molecule has 0 atom stereocenters. The highest BCUT2D eigenvalue weighted by Crippen LogP contribution is 2.24. The van der Waals surface area contributed by atoms with Crippen molar-refractivity contribution in [2.45, 2.75) is 13.8 Å². The second-order valence-electron chi connectivity index (χ2n) is 3.02. The van der Waals surface area contributed by atoms with Crippen LogP contribution in [0.25, 0.3) is 11.0 Å². The summed E-state index contributed by atoms with van der Waals surface area (Å²) in [5, 5.41) is 0.868. The van der Waals surface area contributed by atoms with Crippen LogP contribution in [0.3, 0.4) is 0 Å². The Hall–Kier alpha value is -1.31. The number of hydrogen-bond acceptors (Lipinski definition) is 1. The van der Waals surface area contributed by atoms with Crippen LogP contribution in [0.1, 0.15) is 11.1 Å². The fourth-order valence-electron chi connectivity index (χ4n) is 1.39. The molecule has 2 rings (SSSR count). The first-order valence-corrected chi connectivity index (χ1v) is 3.82. The Morgan fingerprint density at radius 2 is 1.92 bits per heavy atom. The van der Waals surface area contributed by atoms with Gasteiger partial charge in [0.15, 0.2) is 0 Å². The van der Waals surface area contributed by atoms with E-state index in [2.05, 4.69) is 0 Å². The van der Waals surface area contributed by atoms with Gasteiger partial charge in [-0.25, -0.2) is 4.39 Å². The van der Waals surface area contributed by atoms with Gasteiger partial charge < -0.3 is 4.42 Å². The van der Waals surface area contributed by atoms with Crippen LogP contribution < -0.4 is 0 Å². The van der Waals surface area contributed by atoms with Crippen LogP contribution in [0.4, 0.5) is 4.39 Å². The van der Waals surface area contributed by atoms with Crippen LogP contribution in [0.15, 0.2) is 22.8 Å². The molecule has 1 nitrogen and oxygen atoms in total. The quantitative estimate of drug-likeness (QED) is 0.582. The van der Waals surface area contributed by atoms with Gasteiger partial charge in [-0.15, -0.1) is 0 Å². The second kappa shape index (κ2) is 2.34. The summed E-state index contributed by atoms with van der Waals surface area (Å²) in [6.07, 6.45) is 1.65. The average molecular weight is 164 g/mol. The highest BCUT2D eigenvalue weighted by molar-refractivity contribution is 5.83. The Balaban J connectivity index is 2.92. The Labute approximate surface area is 69.8 Å². The Bertz CT molecular complexity index is 429. The van der Waals surface area contributed by atoms with E-state index in [4.69, 9.17) is 4.42 Å². The number of aryl methyl sites for hydroxylation is 2. The van der Waals surface area contributed by atoms with Gasteiger partial charge in [0, 0.05) is 5.39 Å². The number of halogens is 1. The molecule has 62 valence electrons. The van der Waals surface area contributed by atoms with E-state index in [0.29, 0.717) is 0 Å². The molecule has 0 aliphatic rings. The van der Waals surface area contributed by atoms with Gasteiger partial charge in [-0.2, -0.15) is 0 Å². The van der Waals surface area contributed by atoms with Gasteiger partial charge in [0.05, 0.1) is 6.26 Å². The summed E-state index contributed by atoms with van der Waals surface area (Å²) in [5.74, 6) is -0.204. The van der Waals surface area contributed by atoms with Crippen LogP contribution in [0, 0.1) is 19.7 Å². The van der Waals surface area contributed by atoms with Gasteiger partial charge in [0.25, 0.3) is 0 Å². The van der Waals surface area contributed by atoms with Crippen molar-refractivity contribution in [1.29, 1.82) is 0 Å². The third-order valence-electron chi connectivity index (χ3n) is 2.02. The summed E-state index contributed by atoms with van der Waals surface area (Å²) < 4.78 is 18.2. The Morgan fingerprint density at radius 1 is 1.17 bits per heavy atom. The maximum absolute atomic E-state index is 12.9. The molecule has 2 heteroatoms. The monoisotopic (exact) mass is 164 g/mol. The van der Waals surface area contributed by atoms with Gasteiger partial charge in [0.1, 0.15) is 11.4 Å². The highest BCUT2D eigenvalue weighted by Gasteiger charge is 2.06. The maximum atomic E-state index is 12.9. The third-order valence-corrected chi connectivity index (χ3v) is 2.02. The van der Waals surface area contributed by atoms with E-state index in [0.717, 1.165) is 22.1 Å². The van der Waals surface area contributed by atoms with Crippen molar-refractivity contribution in [1.82, 2.24) is 0 Å². The fraction of sp³-hybridized carbons (Fsp3) is 0.200. The molecule has 0 aliphatic heterocycles. The molecule has 0 radical (unpaired) electrons. The lowest BCUT2D eigenvalue weighted by atomic mass is 10.1. The molecule has 1 aromatic heterocycles. The predicted octanol–water partition coefficient (Wildman–Crippen LogP) is 3.19. The number of hydrogen-bond donors (Lipinski definition) is 0. The fourth-order valence-corrected chi connectivity index (χ4v) is 1.39. The first-order chi connectivity index (χ1) is 5.68. The standard InChI is InChI=1S/C10H9FO/c1-6-3-8(11)4-9-7(2)5-12-10(6)9/h3-5H,1-2H3. The van der Waals surface area contributed by atoms with Crippen LogP contribution in [0.5, 0.6) is 0 Å². The first-order valence-electron chi connectivity index (χ1n) is 3.82. The Morgan fingerprint density at radius 3 is 2.67 bits per heavy atom. The normalized spacial score (nSPS) is 10.9. The summed E-state index contributed by atoms with van der Waals surface area (Å²) in [6.45, 7) is 3.75. The number of fused-ring (bicyclic) bond motifs is 1. The van der Waals surface area contributed by atoms with E-state index in [1.54, 1.807) is 6.26 Å². The molecule has 0 saturated heterocycles. The molecule has 1 aromatic carbocycles. The molecule has 0 bridgehead atoms. The van der Waals surface area contributed by atoms with Crippen molar-refractivity contribution >= 4 is 11.0 Å². The zero-order valence-electron chi connectivity index (χ0n) is 7.02. The molecule has 0 spiro atoms. The molecule has 2 aromatic rings. The molecular weight excluding hydrogens is 155 g/mol. The Kier molecular flexibility index (Phi) is 1.43. The van der Waals surface area contributed by atoms with E-state index in [9.17, 15) is 4.39 Å². The summed E-state index contributed by atoms with van der Waals surface area (Å²) >= 11 is 0. The van der Waals surface area contributed by atoms with E-state index in [1.807, 2.05) is 13.8 Å². The number of furan rings is 1. The molecule has 0 unspecified atom stereocenters.